The van der Waals surface area contributed by atoms with Gasteiger partial charge in [0.2, 0.25) is 0 Å². The summed E-state index contributed by atoms with van der Waals surface area (Å²) < 4.78 is 12.4. The third-order valence-electron chi connectivity index (χ3n) is 4.77. The van der Waals surface area contributed by atoms with Crippen molar-refractivity contribution in [2.45, 2.75) is 32.9 Å². The molecule has 0 spiro atoms. The molecule has 1 aliphatic heterocycles. The Labute approximate surface area is 161 Å². The Hall–Kier alpha value is -2.45. The summed E-state index contributed by atoms with van der Waals surface area (Å²) in [5, 5.41) is 4.78. The zero-order valence-corrected chi connectivity index (χ0v) is 16.3. The van der Waals surface area contributed by atoms with Gasteiger partial charge in [0, 0.05) is 49.4 Å². The summed E-state index contributed by atoms with van der Waals surface area (Å²) >= 11 is 1.54. The molecule has 0 unspecified atom stereocenters. The summed E-state index contributed by atoms with van der Waals surface area (Å²) in [4.78, 5) is 21.0. The molecule has 0 atom stereocenters. The van der Waals surface area contributed by atoms with Crippen molar-refractivity contribution >= 4 is 17.2 Å². The minimum Gasteiger partial charge on any atom is -0.451 e. The standard InChI is InChI=1S/C19H22N4O3S/c1-13-4-5-17(27-13)19(24)22-8-6-16-14(10-22)18(15-11-26-12-20-15)21-23(16)7-3-9-25-2/h4-5,11-12H,3,6-10H2,1-2H3. The third kappa shape index (κ3) is 3.54. The van der Waals surface area contributed by atoms with Crippen molar-refractivity contribution in [2.24, 2.45) is 0 Å². The van der Waals surface area contributed by atoms with E-state index in [0.717, 1.165) is 40.4 Å². The van der Waals surface area contributed by atoms with Crippen LogP contribution in [0.5, 0.6) is 0 Å². The average Bonchev–Trinajstić information content (AvgIpc) is 3.41. The number of ether oxygens (including phenoxy) is 1. The Balaban J connectivity index is 1.63. The van der Waals surface area contributed by atoms with E-state index in [0.29, 0.717) is 25.4 Å². The highest BCUT2D eigenvalue weighted by atomic mass is 32.1. The molecule has 3 aromatic rings. The molecule has 0 aromatic carbocycles. The molecule has 4 heterocycles. The van der Waals surface area contributed by atoms with Gasteiger partial charge in [0.1, 0.15) is 17.7 Å². The predicted octanol–water partition coefficient (Wildman–Crippen LogP) is 3.14. The maximum absolute atomic E-state index is 12.9. The van der Waals surface area contributed by atoms with Gasteiger partial charge in [-0.25, -0.2) is 4.98 Å². The SMILES string of the molecule is COCCCn1nc(-c2cocn2)c2c1CCN(C(=O)c1ccc(C)s1)C2. The number of aryl methyl sites for hydroxylation is 2. The number of methoxy groups -OCH3 is 1. The maximum Gasteiger partial charge on any atom is 0.264 e. The number of thiophene rings is 1. The Morgan fingerprint density at radius 2 is 2.30 bits per heavy atom. The van der Waals surface area contributed by atoms with Crippen LogP contribution in [0, 0.1) is 6.92 Å². The van der Waals surface area contributed by atoms with Crippen LogP contribution < -0.4 is 0 Å². The Morgan fingerprint density at radius 3 is 3.00 bits per heavy atom. The fraction of sp³-hybridized carbons (Fsp3) is 0.421. The molecular formula is C19H22N4O3S. The fourth-order valence-electron chi connectivity index (χ4n) is 3.45. The number of nitrogens with zero attached hydrogens (tertiary/aromatic N) is 4. The van der Waals surface area contributed by atoms with E-state index in [1.807, 2.05) is 28.6 Å². The second-order valence-corrected chi connectivity index (χ2v) is 7.89. The predicted molar refractivity (Wildman–Crippen MR) is 102 cm³/mol. The summed E-state index contributed by atoms with van der Waals surface area (Å²) in [6, 6.07) is 3.90. The molecule has 27 heavy (non-hydrogen) atoms. The maximum atomic E-state index is 12.9. The number of oxazole rings is 1. The van der Waals surface area contributed by atoms with Crippen LogP contribution in [0.3, 0.4) is 0 Å². The van der Waals surface area contributed by atoms with Gasteiger partial charge in [0.05, 0.1) is 11.4 Å². The molecule has 1 aliphatic rings. The molecular weight excluding hydrogens is 364 g/mol. The molecule has 7 nitrogen and oxygen atoms in total. The zero-order valence-electron chi connectivity index (χ0n) is 15.5. The van der Waals surface area contributed by atoms with Crippen LogP contribution in [0.4, 0.5) is 0 Å². The Kier molecular flexibility index (Phi) is 5.09. The summed E-state index contributed by atoms with van der Waals surface area (Å²) in [5.74, 6) is 0.0805. The van der Waals surface area contributed by atoms with Crippen molar-refractivity contribution in [3.8, 4) is 11.4 Å². The largest absolute Gasteiger partial charge is 0.451 e. The monoisotopic (exact) mass is 386 g/mol. The number of amides is 1. The summed E-state index contributed by atoms with van der Waals surface area (Å²) in [6.07, 6.45) is 4.68. The van der Waals surface area contributed by atoms with Crippen molar-refractivity contribution in [2.75, 3.05) is 20.3 Å². The van der Waals surface area contributed by atoms with Crippen LogP contribution in [0.1, 0.15) is 32.2 Å². The minimum absolute atomic E-state index is 0.0805. The highest BCUT2D eigenvalue weighted by Crippen LogP contribution is 2.30. The van der Waals surface area contributed by atoms with E-state index < -0.39 is 0 Å². The highest BCUT2D eigenvalue weighted by Gasteiger charge is 2.29. The van der Waals surface area contributed by atoms with Crippen LogP contribution >= 0.6 is 11.3 Å². The normalized spacial score (nSPS) is 13.8. The summed E-state index contributed by atoms with van der Waals surface area (Å²) in [6.45, 7) is 4.72. The van der Waals surface area contributed by atoms with Gasteiger partial charge in [-0.1, -0.05) is 0 Å². The van der Waals surface area contributed by atoms with E-state index in [1.54, 1.807) is 13.4 Å². The Bertz CT molecular complexity index is 929. The van der Waals surface area contributed by atoms with Gasteiger partial charge in [-0.3, -0.25) is 9.48 Å². The summed E-state index contributed by atoms with van der Waals surface area (Å²) in [7, 11) is 1.70. The number of carbonyl (C=O) groups excluding carboxylic acids is 1. The van der Waals surface area contributed by atoms with Crippen molar-refractivity contribution in [1.82, 2.24) is 19.7 Å². The molecule has 4 rings (SSSR count). The molecule has 0 fully saturated rings. The van der Waals surface area contributed by atoms with Gasteiger partial charge < -0.3 is 14.1 Å². The molecule has 0 aliphatic carbocycles. The Morgan fingerprint density at radius 1 is 1.41 bits per heavy atom. The van der Waals surface area contributed by atoms with Crippen LogP contribution in [0.25, 0.3) is 11.4 Å². The van der Waals surface area contributed by atoms with Crippen molar-refractivity contribution in [1.29, 1.82) is 0 Å². The van der Waals surface area contributed by atoms with Crippen molar-refractivity contribution in [3.63, 3.8) is 0 Å². The molecule has 0 bridgehead atoms. The number of hydrogen-bond acceptors (Lipinski definition) is 6. The highest BCUT2D eigenvalue weighted by molar-refractivity contribution is 7.13. The van der Waals surface area contributed by atoms with Gasteiger partial charge >= 0.3 is 0 Å². The first-order chi connectivity index (χ1) is 13.2. The molecule has 8 heteroatoms. The lowest BCUT2D eigenvalue weighted by Crippen LogP contribution is -2.36. The van der Waals surface area contributed by atoms with Gasteiger partial charge in [-0.05, 0) is 25.5 Å². The number of carbonyl (C=O) groups is 1. The van der Waals surface area contributed by atoms with E-state index in [-0.39, 0.29) is 5.91 Å². The quantitative estimate of drug-likeness (QED) is 0.609. The molecule has 0 saturated carbocycles. The number of aromatic nitrogens is 3. The molecule has 0 saturated heterocycles. The second kappa shape index (κ2) is 7.66. The average molecular weight is 386 g/mol. The zero-order chi connectivity index (χ0) is 18.8. The number of fused-ring (bicyclic) bond motifs is 1. The topological polar surface area (TPSA) is 73.4 Å². The van der Waals surface area contributed by atoms with Crippen molar-refractivity contribution in [3.05, 3.63) is 45.8 Å². The molecule has 3 aromatic heterocycles. The fourth-order valence-corrected chi connectivity index (χ4v) is 4.28. The van der Waals surface area contributed by atoms with Gasteiger partial charge in [-0.15, -0.1) is 11.3 Å². The van der Waals surface area contributed by atoms with E-state index in [4.69, 9.17) is 14.3 Å². The summed E-state index contributed by atoms with van der Waals surface area (Å²) in [5.41, 5.74) is 3.75. The van der Waals surface area contributed by atoms with E-state index >= 15 is 0 Å². The minimum atomic E-state index is 0.0805. The molecule has 1 amide bonds. The smallest absolute Gasteiger partial charge is 0.264 e. The van der Waals surface area contributed by atoms with Crippen molar-refractivity contribution < 1.29 is 13.9 Å². The van der Waals surface area contributed by atoms with E-state index in [2.05, 4.69) is 4.98 Å². The first kappa shape index (κ1) is 17.9. The second-order valence-electron chi connectivity index (χ2n) is 6.60. The van der Waals surface area contributed by atoms with Crippen LogP contribution in [0.2, 0.25) is 0 Å². The number of rotatable bonds is 6. The van der Waals surface area contributed by atoms with Gasteiger partial charge in [0.15, 0.2) is 6.39 Å². The van der Waals surface area contributed by atoms with Crippen LogP contribution in [-0.2, 0) is 24.2 Å². The van der Waals surface area contributed by atoms with Crippen LogP contribution in [0.15, 0.2) is 29.2 Å². The van der Waals surface area contributed by atoms with E-state index in [1.165, 1.54) is 23.4 Å². The lowest BCUT2D eigenvalue weighted by Gasteiger charge is -2.27. The molecule has 142 valence electrons. The first-order valence-corrected chi connectivity index (χ1v) is 9.80. The third-order valence-corrected chi connectivity index (χ3v) is 5.75. The van der Waals surface area contributed by atoms with Crippen LogP contribution in [-0.4, -0.2) is 45.8 Å². The van der Waals surface area contributed by atoms with Gasteiger partial charge in [-0.2, -0.15) is 5.10 Å². The molecule has 0 radical (unpaired) electrons. The molecule has 0 N–H and O–H groups in total. The number of hydrogen-bond donors (Lipinski definition) is 0. The lowest BCUT2D eigenvalue weighted by molar-refractivity contribution is 0.0738. The van der Waals surface area contributed by atoms with E-state index in [9.17, 15) is 4.79 Å². The first-order valence-electron chi connectivity index (χ1n) is 8.99. The lowest BCUT2D eigenvalue weighted by atomic mass is 10.0. The van der Waals surface area contributed by atoms with Gasteiger partial charge in [0.25, 0.3) is 5.91 Å².